The van der Waals surface area contributed by atoms with Crippen LogP contribution in [0.25, 0.3) is 0 Å². The normalized spacial score (nSPS) is 19.5. The van der Waals surface area contributed by atoms with Crippen LogP contribution >= 0.6 is 0 Å². The van der Waals surface area contributed by atoms with E-state index in [0.29, 0.717) is 12.4 Å². The zero-order valence-electron chi connectivity index (χ0n) is 9.46. The summed E-state index contributed by atoms with van der Waals surface area (Å²) in [6, 6.07) is 6.53. The van der Waals surface area contributed by atoms with Gasteiger partial charge in [0.25, 0.3) is 0 Å². The van der Waals surface area contributed by atoms with Crippen LogP contribution in [0.3, 0.4) is 0 Å². The monoisotopic (exact) mass is 258 g/mol. The standard InChI is InChI=1S/C11H14O5S/c1-17(12,13)16-10-4-2-3-9(7-10)15-8-11-5-6-14-11/h2-4,7,11H,5-6,8H2,1H3. The van der Waals surface area contributed by atoms with Crippen molar-refractivity contribution >= 4 is 10.1 Å². The molecule has 1 atom stereocenters. The summed E-state index contributed by atoms with van der Waals surface area (Å²) in [6.07, 6.45) is 2.15. The Bertz CT molecular complexity index is 478. The molecule has 94 valence electrons. The molecule has 1 aliphatic rings. The molecule has 2 rings (SSSR count). The summed E-state index contributed by atoms with van der Waals surface area (Å²) in [4.78, 5) is 0. The van der Waals surface area contributed by atoms with Crippen molar-refractivity contribution in [2.24, 2.45) is 0 Å². The van der Waals surface area contributed by atoms with E-state index < -0.39 is 10.1 Å². The first kappa shape index (κ1) is 12.2. The van der Waals surface area contributed by atoms with Crippen LogP contribution < -0.4 is 8.92 Å². The van der Waals surface area contributed by atoms with Gasteiger partial charge in [0.15, 0.2) is 0 Å². The Balaban J connectivity index is 1.95. The molecule has 1 heterocycles. The second-order valence-corrected chi connectivity index (χ2v) is 5.43. The zero-order chi connectivity index (χ0) is 12.3. The highest BCUT2D eigenvalue weighted by molar-refractivity contribution is 7.86. The van der Waals surface area contributed by atoms with Gasteiger partial charge in [-0.2, -0.15) is 8.42 Å². The highest BCUT2D eigenvalue weighted by Gasteiger charge is 2.18. The molecule has 0 aromatic heterocycles. The molecule has 1 aromatic rings. The molecule has 1 aromatic carbocycles. The van der Waals surface area contributed by atoms with E-state index in [1.165, 1.54) is 0 Å². The Morgan fingerprint density at radius 2 is 2.12 bits per heavy atom. The molecule has 0 N–H and O–H groups in total. The third-order valence-corrected chi connectivity index (χ3v) is 2.78. The van der Waals surface area contributed by atoms with Crippen LogP contribution in [0.4, 0.5) is 0 Å². The van der Waals surface area contributed by atoms with Gasteiger partial charge >= 0.3 is 10.1 Å². The van der Waals surface area contributed by atoms with E-state index >= 15 is 0 Å². The van der Waals surface area contributed by atoms with Crippen molar-refractivity contribution in [2.75, 3.05) is 19.5 Å². The lowest BCUT2D eigenvalue weighted by Gasteiger charge is -2.26. The van der Waals surface area contributed by atoms with Crippen LogP contribution in [-0.2, 0) is 14.9 Å². The Morgan fingerprint density at radius 3 is 2.71 bits per heavy atom. The van der Waals surface area contributed by atoms with Crippen molar-refractivity contribution < 1.29 is 22.1 Å². The maximum Gasteiger partial charge on any atom is 0.306 e. The Hall–Kier alpha value is -1.27. The summed E-state index contributed by atoms with van der Waals surface area (Å²) in [5.41, 5.74) is 0. The highest BCUT2D eigenvalue weighted by Crippen LogP contribution is 2.21. The lowest BCUT2D eigenvalue weighted by atomic mass is 10.2. The lowest BCUT2D eigenvalue weighted by molar-refractivity contribution is -0.0721. The van der Waals surface area contributed by atoms with Gasteiger partial charge in [-0.15, -0.1) is 0 Å². The lowest BCUT2D eigenvalue weighted by Crippen LogP contribution is -2.32. The topological polar surface area (TPSA) is 61.8 Å². The van der Waals surface area contributed by atoms with Crippen LogP contribution in [0.15, 0.2) is 24.3 Å². The Labute approximate surface area is 100 Å². The maximum atomic E-state index is 11.0. The van der Waals surface area contributed by atoms with E-state index in [2.05, 4.69) is 0 Å². The van der Waals surface area contributed by atoms with Gasteiger partial charge in [-0.3, -0.25) is 0 Å². The number of hydrogen-bond donors (Lipinski definition) is 0. The fourth-order valence-corrected chi connectivity index (χ4v) is 1.85. The molecule has 1 saturated heterocycles. The Morgan fingerprint density at radius 1 is 1.41 bits per heavy atom. The average Bonchev–Trinajstić information content (AvgIpc) is 2.13. The molecule has 1 aliphatic heterocycles. The second kappa shape index (κ2) is 4.93. The summed E-state index contributed by atoms with van der Waals surface area (Å²) in [7, 11) is -3.50. The van der Waals surface area contributed by atoms with Crippen molar-refractivity contribution in [3.63, 3.8) is 0 Å². The van der Waals surface area contributed by atoms with Crippen molar-refractivity contribution in [3.8, 4) is 11.5 Å². The van der Waals surface area contributed by atoms with Crippen molar-refractivity contribution in [1.82, 2.24) is 0 Å². The van der Waals surface area contributed by atoms with Crippen molar-refractivity contribution in [3.05, 3.63) is 24.3 Å². The number of ether oxygens (including phenoxy) is 2. The molecular weight excluding hydrogens is 244 g/mol. The molecule has 5 nitrogen and oxygen atoms in total. The molecule has 6 heteroatoms. The molecule has 0 radical (unpaired) electrons. The van der Waals surface area contributed by atoms with Gasteiger partial charge in [-0.25, -0.2) is 0 Å². The van der Waals surface area contributed by atoms with E-state index in [1.54, 1.807) is 24.3 Å². The molecule has 0 spiro atoms. The van der Waals surface area contributed by atoms with Gasteiger partial charge in [-0.1, -0.05) is 6.07 Å². The van der Waals surface area contributed by atoms with Crippen LogP contribution in [0.2, 0.25) is 0 Å². The van der Waals surface area contributed by atoms with E-state index in [9.17, 15) is 8.42 Å². The zero-order valence-corrected chi connectivity index (χ0v) is 10.3. The minimum atomic E-state index is -3.50. The summed E-state index contributed by atoms with van der Waals surface area (Å²) < 4.78 is 37.3. The summed E-state index contributed by atoms with van der Waals surface area (Å²) >= 11 is 0. The highest BCUT2D eigenvalue weighted by atomic mass is 32.2. The van der Waals surface area contributed by atoms with Gasteiger partial charge in [-0.05, 0) is 12.1 Å². The van der Waals surface area contributed by atoms with Crippen LogP contribution in [-0.4, -0.2) is 34.0 Å². The molecule has 1 fully saturated rings. The molecule has 0 aliphatic carbocycles. The van der Waals surface area contributed by atoms with Crippen LogP contribution in [0.5, 0.6) is 11.5 Å². The van der Waals surface area contributed by atoms with Gasteiger partial charge < -0.3 is 13.7 Å². The van der Waals surface area contributed by atoms with Gasteiger partial charge in [0, 0.05) is 19.1 Å². The summed E-state index contributed by atoms with van der Waals surface area (Å²) in [6.45, 7) is 1.26. The first-order valence-electron chi connectivity index (χ1n) is 5.27. The van der Waals surface area contributed by atoms with E-state index in [4.69, 9.17) is 13.7 Å². The largest absolute Gasteiger partial charge is 0.491 e. The van der Waals surface area contributed by atoms with Gasteiger partial charge in [0.05, 0.1) is 12.4 Å². The first-order chi connectivity index (χ1) is 8.03. The van der Waals surface area contributed by atoms with Crippen molar-refractivity contribution in [1.29, 1.82) is 0 Å². The molecule has 0 bridgehead atoms. The quantitative estimate of drug-likeness (QED) is 0.742. The van der Waals surface area contributed by atoms with Gasteiger partial charge in [0.2, 0.25) is 0 Å². The third-order valence-electron chi connectivity index (χ3n) is 2.28. The average molecular weight is 258 g/mol. The minimum Gasteiger partial charge on any atom is -0.491 e. The summed E-state index contributed by atoms with van der Waals surface area (Å²) in [5.74, 6) is 0.821. The minimum absolute atomic E-state index is 0.148. The first-order valence-corrected chi connectivity index (χ1v) is 7.08. The number of rotatable bonds is 5. The predicted octanol–water partition coefficient (Wildman–Crippen LogP) is 1.19. The number of hydrogen-bond acceptors (Lipinski definition) is 5. The van der Waals surface area contributed by atoms with E-state index in [1.807, 2.05) is 0 Å². The fraction of sp³-hybridized carbons (Fsp3) is 0.455. The predicted molar refractivity (Wildman–Crippen MR) is 61.8 cm³/mol. The molecule has 17 heavy (non-hydrogen) atoms. The fourth-order valence-electron chi connectivity index (χ4n) is 1.40. The van der Waals surface area contributed by atoms with Crippen molar-refractivity contribution in [2.45, 2.75) is 12.5 Å². The SMILES string of the molecule is CS(=O)(=O)Oc1cccc(OCC2CCO2)c1. The van der Waals surface area contributed by atoms with E-state index in [-0.39, 0.29) is 11.9 Å². The number of benzene rings is 1. The van der Waals surface area contributed by atoms with Crippen LogP contribution in [0, 0.1) is 0 Å². The third kappa shape index (κ3) is 3.90. The maximum absolute atomic E-state index is 11.0. The molecule has 0 saturated carbocycles. The molecule has 1 unspecified atom stereocenters. The van der Waals surface area contributed by atoms with Crippen LogP contribution in [0.1, 0.15) is 6.42 Å². The molecular formula is C11H14O5S. The Kier molecular flexibility index (Phi) is 3.54. The molecule has 0 amide bonds. The summed E-state index contributed by atoms with van der Waals surface area (Å²) in [5, 5.41) is 0. The van der Waals surface area contributed by atoms with E-state index in [0.717, 1.165) is 19.3 Å². The second-order valence-electron chi connectivity index (χ2n) is 3.85. The van der Waals surface area contributed by atoms with Gasteiger partial charge in [0.1, 0.15) is 18.1 Å². The smallest absolute Gasteiger partial charge is 0.306 e.